The lowest BCUT2D eigenvalue weighted by molar-refractivity contribution is -0.142. The van der Waals surface area contributed by atoms with Crippen LogP contribution in [0, 0.1) is 0 Å². The number of rotatable bonds is 10. The Bertz CT molecular complexity index is 914. The monoisotopic (exact) mass is 484 g/mol. The summed E-state index contributed by atoms with van der Waals surface area (Å²) >= 11 is 0. The predicted molar refractivity (Wildman–Crippen MR) is 120 cm³/mol. The van der Waals surface area contributed by atoms with Crippen LogP contribution in [0.5, 0.6) is 0 Å². The average molecular weight is 485 g/mol. The largest absolute Gasteiger partial charge is 0.463 e. The van der Waals surface area contributed by atoms with Gasteiger partial charge in [-0.25, -0.2) is 9.59 Å². The topological polar surface area (TPSA) is 88.1 Å². The van der Waals surface area contributed by atoms with Gasteiger partial charge in [-0.3, -0.25) is 0 Å². The predicted octanol–water partition coefficient (Wildman–Crippen LogP) is 3.36. The average Bonchev–Trinajstić information content (AvgIpc) is 2.77. The maximum atomic E-state index is 14.0. The zero-order chi connectivity index (χ0) is 25.5. The van der Waals surface area contributed by atoms with Crippen LogP contribution in [-0.2, 0) is 25.2 Å². The van der Waals surface area contributed by atoms with Crippen molar-refractivity contribution in [1.82, 2.24) is 10.2 Å². The van der Waals surface area contributed by atoms with Gasteiger partial charge in [0.05, 0.1) is 42.4 Å². The molecule has 0 saturated carbocycles. The van der Waals surface area contributed by atoms with Crippen molar-refractivity contribution in [3.63, 3.8) is 0 Å². The van der Waals surface area contributed by atoms with Crippen molar-refractivity contribution in [3.05, 3.63) is 57.9 Å². The van der Waals surface area contributed by atoms with Crippen LogP contribution in [0.25, 0.3) is 0 Å². The minimum Gasteiger partial charge on any atom is -0.463 e. The van der Waals surface area contributed by atoms with Crippen LogP contribution in [0.15, 0.2) is 46.8 Å². The molecule has 1 aliphatic heterocycles. The molecule has 0 bridgehead atoms. The van der Waals surface area contributed by atoms with Crippen LogP contribution in [0.3, 0.4) is 0 Å². The van der Waals surface area contributed by atoms with Crippen molar-refractivity contribution in [1.29, 1.82) is 0 Å². The molecule has 7 nitrogen and oxygen atoms in total. The van der Waals surface area contributed by atoms with Crippen molar-refractivity contribution < 1.29 is 37.3 Å². The number of esters is 2. The van der Waals surface area contributed by atoms with Gasteiger partial charge in [-0.2, -0.15) is 13.2 Å². The van der Waals surface area contributed by atoms with Gasteiger partial charge in [0.25, 0.3) is 0 Å². The minimum atomic E-state index is -4.71. The molecule has 0 aliphatic carbocycles. The highest BCUT2D eigenvalue weighted by Crippen LogP contribution is 2.46. The Kier molecular flexibility index (Phi) is 9.69. The zero-order valence-corrected chi connectivity index (χ0v) is 19.8. The van der Waals surface area contributed by atoms with Gasteiger partial charge in [0.2, 0.25) is 0 Å². The highest BCUT2D eigenvalue weighted by Gasteiger charge is 2.44. The number of ether oxygens (including phenoxy) is 2. The first-order valence-corrected chi connectivity index (χ1v) is 11.1. The van der Waals surface area contributed by atoms with Gasteiger partial charge in [0, 0.05) is 31.0 Å². The summed E-state index contributed by atoms with van der Waals surface area (Å²) in [4.78, 5) is 27.9. The number of aliphatic hydroxyl groups excluding tert-OH is 1. The molecule has 0 radical (unpaired) electrons. The van der Waals surface area contributed by atoms with E-state index in [9.17, 15) is 22.8 Å². The van der Waals surface area contributed by atoms with Gasteiger partial charge < -0.3 is 24.8 Å². The van der Waals surface area contributed by atoms with E-state index in [1.807, 2.05) is 0 Å². The number of aliphatic hydroxyl groups is 1. The molecule has 0 saturated heterocycles. The van der Waals surface area contributed by atoms with Gasteiger partial charge >= 0.3 is 18.1 Å². The Morgan fingerprint density at radius 1 is 1.00 bits per heavy atom. The Morgan fingerprint density at radius 2 is 1.53 bits per heavy atom. The van der Waals surface area contributed by atoms with Gasteiger partial charge in [-0.1, -0.05) is 18.2 Å². The number of nitrogens with zero attached hydrogens (tertiary/aromatic N) is 1. The van der Waals surface area contributed by atoms with E-state index in [1.54, 1.807) is 32.6 Å². The molecule has 0 amide bonds. The van der Waals surface area contributed by atoms with E-state index >= 15 is 0 Å². The van der Waals surface area contributed by atoms with E-state index in [2.05, 4.69) is 5.32 Å². The molecule has 0 unspecified atom stereocenters. The molecular formula is C24H31F3N2O5. The van der Waals surface area contributed by atoms with E-state index in [0.717, 1.165) is 6.07 Å². The molecule has 1 aliphatic rings. The van der Waals surface area contributed by atoms with Gasteiger partial charge in [0.15, 0.2) is 0 Å². The van der Waals surface area contributed by atoms with Crippen molar-refractivity contribution in [2.75, 3.05) is 39.5 Å². The van der Waals surface area contributed by atoms with Gasteiger partial charge in [0.1, 0.15) is 0 Å². The molecule has 2 rings (SSSR count). The molecule has 0 aromatic heterocycles. The van der Waals surface area contributed by atoms with E-state index < -0.39 is 29.6 Å². The molecule has 1 aromatic carbocycles. The van der Waals surface area contributed by atoms with Crippen LogP contribution in [0.1, 0.15) is 44.7 Å². The molecule has 0 atom stereocenters. The first kappa shape index (κ1) is 27.4. The highest BCUT2D eigenvalue weighted by molar-refractivity contribution is 6.00. The number of allylic oxidation sites excluding steroid dienone is 2. The van der Waals surface area contributed by atoms with E-state index in [1.165, 1.54) is 18.2 Å². The fraction of sp³-hybridized carbons (Fsp3) is 0.500. The van der Waals surface area contributed by atoms with Gasteiger partial charge in [-0.15, -0.1) is 0 Å². The summed E-state index contributed by atoms with van der Waals surface area (Å²) in [5, 5.41) is 12.0. The van der Waals surface area contributed by atoms with E-state index in [4.69, 9.17) is 14.6 Å². The van der Waals surface area contributed by atoms with Crippen molar-refractivity contribution in [2.45, 2.75) is 39.8 Å². The second-order valence-corrected chi connectivity index (χ2v) is 7.58. The Morgan fingerprint density at radius 3 is 2.00 bits per heavy atom. The zero-order valence-electron chi connectivity index (χ0n) is 19.8. The number of alkyl halides is 3. The smallest absolute Gasteiger partial charge is 0.416 e. The Balaban J connectivity index is 2.79. The third-order valence-corrected chi connectivity index (χ3v) is 5.54. The first-order valence-electron chi connectivity index (χ1n) is 11.1. The maximum Gasteiger partial charge on any atom is 0.416 e. The molecular weight excluding hydrogens is 453 g/mol. The summed E-state index contributed by atoms with van der Waals surface area (Å²) in [7, 11) is 0. The number of hydrogen-bond acceptors (Lipinski definition) is 7. The standard InChI is InChI=1S/C24H31F3N2O5/c1-5-33-22(31)19-15(3)29(13-11-28-12-14-30)16(4)20(23(32)34-6-2)21(19)17-9-7-8-10-18(17)24(25,26)27/h7-10,21,28,30H,5-6,11-14H2,1-4H3. The van der Waals surface area contributed by atoms with Crippen LogP contribution < -0.4 is 5.32 Å². The van der Waals surface area contributed by atoms with Crippen molar-refractivity contribution >= 4 is 11.9 Å². The number of nitrogens with one attached hydrogen (secondary N) is 1. The number of carbonyl (C=O) groups excluding carboxylic acids is 2. The normalized spacial score (nSPS) is 15.1. The number of carbonyl (C=O) groups is 2. The first-order chi connectivity index (χ1) is 16.1. The molecule has 1 aromatic rings. The van der Waals surface area contributed by atoms with Crippen molar-refractivity contribution in [3.8, 4) is 0 Å². The molecule has 34 heavy (non-hydrogen) atoms. The molecule has 0 spiro atoms. The number of halogens is 3. The third-order valence-electron chi connectivity index (χ3n) is 5.54. The lowest BCUT2D eigenvalue weighted by Gasteiger charge is -2.38. The molecule has 2 N–H and O–H groups in total. The van der Waals surface area contributed by atoms with Crippen molar-refractivity contribution in [2.24, 2.45) is 0 Å². The summed E-state index contributed by atoms with van der Waals surface area (Å²) in [5.41, 5.74) is -0.489. The summed E-state index contributed by atoms with van der Waals surface area (Å²) < 4.78 is 52.3. The molecule has 188 valence electrons. The Labute approximate surface area is 197 Å². The molecule has 1 heterocycles. The molecule has 10 heteroatoms. The highest BCUT2D eigenvalue weighted by atomic mass is 19.4. The van der Waals surface area contributed by atoms with Crippen LogP contribution in [0.4, 0.5) is 13.2 Å². The lowest BCUT2D eigenvalue weighted by atomic mass is 9.78. The van der Waals surface area contributed by atoms with E-state index in [-0.39, 0.29) is 36.5 Å². The third kappa shape index (κ3) is 5.98. The maximum absolute atomic E-state index is 14.0. The summed E-state index contributed by atoms with van der Waals surface area (Å²) in [6.45, 7) is 7.43. The fourth-order valence-corrected chi connectivity index (χ4v) is 4.10. The summed E-state index contributed by atoms with van der Waals surface area (Å²) in [6.07, 6.45) is -4.71. The second kappa shape index (κ2) is 12.0. The van der Waals surface area contributed by atoms with Crippen LogP contribution >= 0.6 is 0 Å². The van der Waals surface area contributed by atoms with E-state index in [0.29, 0.717) is 31.0 Å². The second-order valence-electron chi connectivity index (χ2n) is 7.58. The summed E-state index contributed by atoms with van der Waals surface area (Å²) in [5.74, 6) is -2.92. The van der Waals surface area contributed by atoms with Gasteiger partial charge in [-0.05, 0) is 39.3 Å². The molecule has 0 fully saturated rings. The lowest BCUT2D eigenvalue weighted by Crippen LogP contribution is -2.39. The number of benzene rings is 1. The quantitative estimate of drug-likeness (QED) is 0.389. The summed E-state index contributed by atoms with van der Waals surface area (Å²) in [6, 6.07) is 4.89. The van der Waals surface area contributed by atoms with Crippen LogP contribution in [0.2, 0.25) is 0 Å². The Hall–Kier alpha value is -2.85. The number of hydrogen-bond donors (Lipinski definition) is 2. The minimum absolute atomic E-state index is 0.0126. The van der Waals surface area contributed by atoms with Crippen LogP contribution in [-0.4, -0.2) is 61.4 Å². The SMILES string of the molecule is CCOC(=O)C1=C(C)N(CCNCCO)C(C)=C(C(=O)OCC)C1c1ccccc1C(F)(F)F. The fourth-order valence-electron chi connectivity index (χ4n) is 4.10.